The summed E-state index contributed by atoms with van der Waals surface area (Å²) in [6.07, 6.45) is 7.96. The second kappa shape index (κ2) is 7.73. The van der Waals surface area contributed by atoms with Crippen LogP contribution in [0, 0.1) is 11.7 Å². The van der Waals surface area contributed by atoms with Crippen molar-refractivity contribution in [3.8, 4) is 5.69 Å². The van der Waals surface area contributed by atoms with Gasteiger partial charge in [-0.05, 0) is 31.1 Å². The van der Waals surface area contributed by atoms with Crippen LogP contribution in [0.25, 0.3) is 5.69 Å². The molecule has 0 saturated heterocycles. The van der Waals surface area contributed by atoms with Gasteiger partial charge in [-0.25, -0.2) is 0 Å². The van der Waals surface area contributed by atoms with Crippen LogP contribution in [0.5, 0.6) is 0 Å². The van der Waals surface area contributed by atoms with E-state index >= 15 is 0 Å². The third kappa shape index (κ3) is 3.65. The molecule has 9 heteroatoms. The molecule has 4 aromatic rings. The molecule has 0 aliphatic carbocycles. The van der Waals surface area contributed by atoms with Crippen LogP contribution >= 0.6 is 23.8 Å². The van der Waals surface area contributed by atoms with Crippen LogP contribution in [-0.4, -0.2) is 34.3 Å². The predicted molar refractivity (Wildman–Crippen MR) is 110 cm³/mol. The Kier molecular flexibility index (Phi) is 5.15. The summed E-state index contributed by atoms with van der Waals surface area (Å²) in [7, 11) is 0. The van der Waals surface area contributed by atoms with Crippen LogP contribution in [0.1, 0.15) is 36.3 Å². The number of rotatable bonds is 6. The molecular formula is C19H20ClN7S. The van der Waals surface area contributed by atoms with E-state index in [-0.39, 0.29) is 6.04 Å². The highest BCUT2D eigenvalue weighted by atomic mass is 35.5. The highest BCUT2D eigenvalue weighted by molar-refractivity contribution is 7.71. The maximum absolute atomic E-state index is 6.05. The Bertz CT molecular complexity index is 1140. The molecule has 1 atom stereocenters. The van der Waals surface area contributed by atoms with Gasteiger partial charge in [0, 0.05) is 12.4 Å². The fourth-order valence-electron chi connectivity index (χ4n) is 3.19. The second-order valence-corrected chi connectivity index (χ2v) is 7.49. The summed E-state index contributed by atoms with van der Waals surface area (Å²) >= 11 is 11.5. The summed E-state index contributed by atoms with van der Waals surface area (Å²) in [4.78, 5) is 0. The Labute approximate surface area is 172 Å². The molecule has 0 bridgehead atoms. The van der Waals surface area contributed by atoms with Gasteiger partial charge in [-0.1, -0.05) is 48.4 Å². The van der Waals surface area contributed by atoms with Crippen LogP contribution in [0.4, 0.5) is 0 Å². The van der Waals surface area contributed by atoms with Gasteiger partial charge in [0.05, 0.1) is 29.6 Å². The first-order valence-corrected chi connectivity index (χ1v) is 9.79. The van der Waals surface area contributed by atoms with Crippen LogP contribution in [0.2, 0.25) is 5.02 Å². The number of hydrogen-bond donors (Lipinski definition) is 1. The van der Waals surface area contributed by atoms with E-state index in [1.165, 1.54) is 11.1 Å². The summed E-state index contributed by atoms with van der Waals surface area (Å²) in [5.74, 6) is 0.766. The number of aromatic amines is 1. The zero-order chi connectivity index (χ0) is 19.7. The molecule has 28 heavy (non-hydrogen) atoms. The van der Waals surface area contributed by atoms with E-state index in [1.54, 1.807) is 23.3 Å². The number of halogens is 1. The molecule has 0 saturated carbocycles. The smallest absolute Gasteiger partial charge is 0.200 e. The van der Waals surface area contributed by atoms with Crippen LogP contribution in [0.3, 0.4) is 0 Å². The molecule has 0 aliphatic heterocycles. The molecule has 7 nitrogen and oxygen atoms in total. The number of benzene rings is 1. The zero-order valence-corrected chi connectivity index (χ0v) is 17.2. The maximum atomic E-state index is 6.05. The Balaban J connectivity index is 1.67. The van der Waals surface area contributed by atoms with Crippen molar-refractivity contribution < 1.29 is 0 Å². The van der Waals surface area contributed by atoms with Crippen molar-refractivity contribution in [3.05, 3.63) is 75.8 Å². The van der Waals surface area contributed by atoms with E-state index in [9.17, 15) is 0 Å². The van der Waals surface area contributed by atoms with E-state index in [0.29, 0.717) is 16.3 Å². The second-order valence-electron chi connectivity index (χ2n) is 6.67. The molecule has 1 unspecified atom stereocenters. The number of aryl methyl sites for hydroxylation is 1. The molecule has 1 aromatic carbocycles. The molecule has 0 aliphatic rings. The molecule has 3 heterocycles. The number of nitrogens with one attached hydrogen (secondary N) is 1. The summed E-state index contributed by atoms with van der Waals surface area (Å²) in [6.45, 7) is 4.84. The van der Waals surface area contributed by atoms with E-state index < -0.39 is 0 Å². The predicted octanol–water partition coefficient (Wildman–Crippen LogP) is 4.33. The summed E-state index contributed by atoms with van der Waals surface area (Å²) in [5.41, 5.74) is 3.29. The summed E-state index contributed by atoms with van der Waals surface area (Å²) in [5, 5.41) is 16.8. The quantitative estimate of drug-likeness (QED) is 0.477. The van der Waals surface area contributed by atoms with Gasteiger partial charge in [-0.2, -0.15) is 15.3 Å². The fourth-order valence-corrected chi connectivity index (χ4v) is 3.58. The monoisotopic (exact) mass is 413 g/mol. The number of nitrogens with zero attached hydrogens (tertiary/aromatic N) is 6. The van der Waals surface area contributed by atoms with Crippen LogP contribution in [-0.2, 0) is 6.54 Å². The first-order chi connectivity index (χ1) is 13.5. The molecule has 0 amide bonds. The average Bonchev–Trinajstić information content (AvgIpc) is 3.39. The van der Waals surface area contributed by atoms with Gasteiger partial charge >= 0.3 is 0 Å². The fraction of sp³-hybridized carbons (Fsp3) is 0.263. The lowest BCUT2D eigenvalue weighted by atomic mass is 10.1. The van der Waals surface area contributed by atoms with Crippen molar-refractivity contribution in [2.45, 2.75) is 32.9 Å². The lowest BCUT2D eigenvalue weighted by Crippen LogP contribution is -2.15. The highest BCUT2D eigenvalue weighted by Gasteiger charge is 2.21. The van der Waals surface area contributed by atoms with Crippen LogP contribution < -0.4 is 0 Å². The van der Waals surface area contributed by atoms with Gasteiger partial charge in [-0.15, -0.1) is 0 Å². The first kappa shape index (κ1) is 18.6. The number of hydrogen-bond acceptors (Lipinski definition) is 4. The first-order valence-electron chi connectivity index (χ1n) is 9.00. The van der Waals surface area contributed by atoms with E-state index in [1.807, 2.05) is 15.4 Å². The lowest BCUT2D eigenvalue weighted by molar-refractivity contribution is 0.477. The molecule has 0 radical (unpaired) electrons. The summed E-state index contributed by atoms with van der Waals surface area (Å²) in [6, 6.07) is 8.33. The molecule has 0 spiro atoms. The molecule has 0 fully saturated rings. The van der Waals surface area contributed by atoms with Crippen molar-refractivity contribution in [1.29, 1.82) is 0 Å². The van der Waals surface area contributed by atoms with Crippen molar-refractivity contribution in [2.24, 2.45) is 0 Å². The highest BCUT2D eigenvalue weighted by Crippen LogP contribution is 2.24. The van der Waals surface area contributed by atoms with Crippen molar-refractivity contribution >= 4 is 23.8 Å². The minimum atomic E-state index is -0.0964. The number of aromatic nitrogens is 7. The molecule has 144 valence electrons. The van der Waals surface area contributed by atoms with Gasteiger partial charge < -0.3 is 0 Å². The Morgan fingerprint density at radius 2 is 1.93 bits per heavy atom. The van der Waals surface area contributed by atoms with Crippen molar-refractivity contribution in [1.82, 2.24) is 34.3 Å². The molecule has 4 rings (SSSR count). The standard InChI is InChI=1S/C19H20ClN7S/c1-3-17(26-11-15(20)8-22-26)18-23-24-19(28)27(18)16-9-21-25(12-16)10-14-6-4-13(2)5-7-14/h4-9,11-12,17H,3,10H2,1-2H3,(H,24,28). The van der Waals surface area contributed by atoms with Crippen LogP contribution in [0.15, 0.2) is 49.1 Å². The topological polar surface area (TPSA) is 69.2 Å². The minimum absolute atomic E-state index is 0.0964. The minimum Gasteiger partial charge on any atom is -0.267 e. The molecule has 1 N–H and O–H groups in total. The Morgan fingerprint density at radius 3 is 2.61 bits per heavy atom. The zero-order valence-electron chi connectivity index (χ0n) is 15.6. The third-order valence-electron chi connectivity index (χ3n) is 4.62. The van der Waals surface area contributed by atoms with Gasteiger partial charge in [0.1, 0.15) is 6.04 Å². The largest absolute Gasteiger partial charge is 0.267 e. The van der Waals surface area contributed by atoms with Gasteiger partial charge in [-0.3, -0.25) is 19.0 Å². The third-order valence-corrected chi connectivity index (χ3v) is 5.08. The van der Waals surface area contributed by atoms with Crippen molar-refractivity contribution in [2.75, 3.05) is 0 Å². The number of H-pyrrole nitrogens is 1. The van der Waals surface area contributed by atoms with Gasteiger partial charge in [0.25, 0.3) is 0 Å². The van der Waals surface area contributed by atoms with E-state index in [2.05, 4.69) is 58.5 Å². The molecular weight excluding hydrogens is 394 g/mol. The van der Waals surface area contributed by atoms with E-state index in [0.717, 1.165) is 17.9 Å². The normalized spacial score (nSPS) is 12.4. The Hall–Kier alpha value is -2.71. The maximum Gasteiger partial charge on any atom is 0.200 e. The average molecular weight is 414 g/mol. The van der Waals surface area contributed by atoms with Crippen molar-refractivity contribution in [3.63, 3.8) is 0 Å². The summed E-state index contributed by atoms with van der Waals surface area (Å²) < 4.78 is 6.12. The lowest BCUT2D eigenvalue weighted by Gasteiger charge is -2.15. The Morgan fingerprint density at radius 1 is 1.14 bits per heavy atom. The van der Waals surface area contributed by atoms with Gasteiger partial charge in [0.15, 0.2) is 10.6 Å². The SMILES string of the molecule is CCC(c1n[nH]c(=S)n1-c1cnn(Cc2ccc(C)cc2)c1)n1cc(Cl)cn1. The van der Waals surface area contributed by atoms with Gasteiger partial charge in [0.2, 0.25) is 0 Å². The molecule has 3 aromatic heterocycles. The van der Waals surface area contributed by atoms with E-state index in [4.69, 9.17) is 23.8 Å².